The summed E-state index contributed by atoms with van der Waals surface area (Å²) in [5, 5.41) is 3.54. The molecule has 1 heterocycles. The molecule has 0 aromatic rings. The highest BCUT2D eigenvalue weighted by Crippen LogP contribution is 2.33. The second kappa shape index (κ2) is 3.14. The van der Waals surface area contributed by atoms with Gasteiger partial charge in [0.25, 0.3) is 0 Å². The zero-order valence-corrected chi connectivity index (χ0v) is 8.28. The molecule has 0 amide bonds. The van der Waals surface area contributed by atoms with Crippen molar-refractivity contribution in [3.8, 4) is 0 Å². The van der Waals surface area contributed by atoms with Gasteiger partial charge in [0.1, 0.15) is 0 Å². The SMILES string of the molecule is CC1NCCCC1C(C)(C)C. The quantitative estimate of drug-likeness (QED) is 0.566. The maximum atomic E-state index is 3.54. The molecule has 0 saturated carbocycles. The predicted octanol–water partition coefficient (Wildman–Crippen LogP) is 2.42. The maximum Gasteiger partial charge on any atom is 0.00719 e. The first-order valence-corrected chi connectivity index (χ1v) is 4.75. The third-order valence-corrected chi connectivity index (χ3v) is 2.87. The van der Waals surface area contributed by atoms with Crippen LogP contribution in [0, 0.1) is 11.3 Å². The van der Waals surface area contributed by atoms with E-state index in [0.717, 1.165) is 5.92 Å². The molecule has 66 valence electrons. The van der Waals surface area contributed by atoms with Gasteiger partial charge in [-0.05, 0) is 37.6 Å². The Morgan fingerprint density at radius 1 is 1.27 bits per heavy atom. The average Bonchev–Trinajstić information content (AvgIpc) is 1.86. The Bertz CT molecular complexity index is 123. The number of piperidine rings is 1. The minimum atomic E-state index is 0.479. The fourth-order valence-electron chi connectivity index (χ4n) is 2.23. The Hall–Kier alpha value is -0.0400. The standard InChI is InChI=1S/C10H21N/c1-8-9(10(2,3)4)6-5-7-11-8/h8-9,11H,5-7H2,1-4H3. The normalized spacial score (nSPS) is 33.8. The largest absolute Gasteiger partial charge is 0.314 e. The Morgan fingerprint density at radius 3 is 2.27 bits per heavy atom. The second-order valence-corrected chi connectivity index (χ2v) is 4.86. The summed E-state index contributed by atoms with van der Waals surface area (Å²) in [5.74, 6) is 0.858. The molecule has 0 aromatic heterocycles. The molecule has 2 unspecified atom stereocenters. The van der Waals surface area contributed by atoms with Crippen LogP contribution in [0.3, 0.4) is 0 Å². The van der Waals surface area contributed by atoms with E-state index >= 15 is 0 Å². The van der Waals surface area contributed by atoms with E-state index in [0.29, 0.717) is 11.5 Å². The predicted molar refractivity (Wildman–Crippen MR) is 49.6 cm³/mol. The van der Waals surface area contributed by atoms with Crippen molar-refractivity contribution in [2.75, 3.05) is 6.54 Å². The molecule has 1 saturated heterocycles. The van der Waals surface area contributed by atoms with Gasteiger partial charge in [-0.2, -0.15) is 0 Å². The Labute approximate surface area is 70.6 Å². The van der Waals surface area contributed by atoms with Crippen LogP contribution in [0.15, 0.2) is 0 Å². The van der Waals surface area contributed by atoms with Crippen molar-refractivity contribution >= 4 is 0 Å². The van der Waals surface area contributed by atoms with Crippen LogP contribution in [0.25, 0.3) is 0 Å². The van der Waals surface area contributed by atoms with Crippen LogP contribution in [0.5, 0.6) is 0 Å². The van der Waals surface area contributed by atoms with Gasteiger partial charge in [0.05, 0.1) is 0 Å². The molecular formula is C10H21N. The highest BCUT2D eigenvalue weighted by atomic mass is 14.9. The third-order valence-electron chi connectivity index (χ3n) is 2.87. The monoisotopic (exact) mass is 155 g/mol. The maximum absolute atomic E-state index is 3.54. The highest BCUT2D eigenvalue weighted by Gasteiger charge is 2.30. The van der Waals surface area contributed by atoms with Crippen molar-refractivity contribution < 1.29 is 0 Å². The molecule has 2 atom stereocenters. The number of rotatable bonds is 0. The van der Waals surface area contributed by atoms with Crippen molar-refractivity contribution in [3.63, 3.8) is 0 Å². The average molecular weight is 155 g/mol. The number of hydrogen-bond donors (Lipinski definition) is 1. The summed E-state index contributed by atoms with van der Waals surface area (Å²) in [6, 6.07) is 0.712. The smallest absolute Gasteiger partial charge is 0.00719 e. The molecule has 11 heavy (non-hydrogen) atoms. The van der Waals surface area contributed by atoms with Gasteiger partial charge in [-0.25, -0.2) is 0 Å². The van der Waals surface area contributed by atoms with Gasteiger partial charge in [-0.1, -0.05) is 20.8 Å². The van der Waals surface area contributed by atoms with Crippen molar-refractivity contribution in [1.29, 1.82) is 0 Å². The zero-order valence-electron chi connectivity index (χ0n) is 8.28. The number of nitrogens with one attached hydrogen (secondary N) is 1. The third kappa shape index (κ3) is 2.19. The minimum absolute atomic E-state index is 0.479. The van der Waals surface area contributed by atoms with E-state index in [1.165, 1.54) is 19.4 Å². The summed E-state index contributed by atoms with van der Waals surface area (Å²) in [5.41, 5.74) is 0.479. The molecule has 1 fully saturated rings. The second-order valence-electron chi connectivity index (χ2n) is 4.86. The van der Waals surface area contributed by atoms with Gasteiger partial charge < -0.3 is 5.32 Å². The Kier molecular flexibility index (Phi) is 2.58. The molecule has 0 bridgehead atoms. The summed E-state index contributed by atoms with van der Waals surface area (Å²) in [6.07, 6.45) is 2.75. The van der Waals surface area contributed by atoms with E-state index in [1.54, 1.807) is 0 Å². The molecule has 1 N–H and O–H groups in total. The first-order valence-electron chi connectivity index (χ1n) is 4.75. The van der Waals surface area contributed by atoms with Crippen LogP contribution in [0.1, 0.15) is 40.5 Å². The minimum Gasteiger partial charge on any atom is -0.314 e. The highest BCUT2D eigenvalue weighted by molar-refractivity contribution is 4.85. The molecule has 1 aliphatic rings. The van der Waals surface area contributed by atoms with Gasteiger partial charge >= 0.3 is 0 Å². The van der Waals surface area contributed by atoms with E-state index < -0.39 is 0 Å². The van der Waals surface area contributed by atoms with Gasteiger partial charge in [0, 0.05) is 6.04 Å². The van der Waals surface area contributed by atoms with Gasteiger partial charge in [-0.15, -0.1) is 0 Å². The van der Waals surface area contributed by atoms with E-state index in [4.69, 9.17) is 0 Å². The van der Waals surface area contributed by atoms with Crippen LogP contribution in [-0.2, 0) is 0 Å². The first-order chi connectivity index (χ1) is 5.02. The van der Waals surface area contributed by atoms with Crippen LogP contribution in [0.4, 0.5) is 0 Å². The van der Waals surface area contributed by atoms with E-state index in [-0.39, 0.29) is 0 Å². The molecular weight excluding hydrogens is 134 g/mol. The van der Waals surface area contributed by atoms with E-state index in [2.05, 4.69) is 33.0 Å². The molecule has 0 spiro atoms. The molecule has 1 aliphatic heterocycles. The van der Waals surface area contributed by atoms with Crippen molar-refractivity contribution in [2.45, 2.75) is 46.6 Å². The lowest BCUT2D eigenvalue weighted by Crippen LogP contribution is -2.44. The summed E-state index contributed by atoms with van der Waals surface area (Å²) < 4.78 is 0. The van der Waals surface area contributed by atoms with E-state index in [9.17, 15) is 0 Å². The topological polar surface area (TPSA) is 12.0 Å². The van der Waals surface area contributed by atoms with Crippen LogP contribution in [-0.4, -0.2) is 12.6 Å². The lowest BCUT2D eigenvalue weighted by Gasteiger charge is -2.39. The van der Waals surface area contributed by atoms with Gasteiger partial charge in [0.15, 0.2) is 0 Å². The first kappa shape index (κ1) is 9.05. The lowest BCUT2D eigenvalue weighted by molar-refractivity contribution is 0.148. The summed E-state index contributed by atoms with van der Waals surface area (Å²) in [7, 11) is 0. The van der Waals surface area contributed by atoms with Crippen molar-refractivity contribution in [3.05, 3.63) is 0 Å². The fraction of sp³-hybridized carbons (Fsp3) is 1.00. The molecule has 0 radical (unpaired) electrons. The zero-order chi connectivity index (χ0) is 8.48. The van der Waals surface area contributed by atoms with Crippen molar-refractivity contribution in [2.24, 2.45) is 11.3 Å². The van der Waals surface area contributed by atoms with Crippen LogP contribution < -0.4 is 5.32 Å². The molecule has 1 rings (SSSR count). The van der Waals surface area contributed by atoms with Gasteiger partial charge in [0.2, 0.25) is 0 Å². The molecule has 1 nitrogen and oxygen atoms in total. The lowest BCUT2D eigenvalue weighted by atomic mass is 9.73. The molecule has 0 aromatic carbocycles. The fourth-order valence-corrected chi connectivity index (χ4v) is 2.23. The van der Waals surface area contributed by atoms with Crippen molar-refractivity contribution in [1.82, 2.24) is 5.32 Å². The van der Waals surface area contributed by atoms with Gasteiger partial charge in [-0.3, -0.25) is 0 Å². The van der Waals surface area contributed by atoms with Crippen LogP contribution >= 0.6 is 0 Å². The molecule has 1 heteroatoms. The summed E-state index contributed by atoms with van der Waals surface area (Å²) in [6.45, 7) is 10.6. The Morgan fingerprint density at radius 2 is 1.91 bits per heavy atom. The molecule has 0 aliphatic carbocycles. The summed E-state index contributed by atoms with van der Waals surface area (Å²) >= 11 is 0. The Balaban J connectivity index is 2.55. The van der Waals surface area contributed by atoms with Crippen LogP contribution in [0.2, 0.25) is 0 Å². The van der Waals surface area contributed by atoms with E-state index in [1.807, 2.05) is 0 Å². The summed E-state index contributed by atoms with van der Waals surface area (Å²) in [4.78, 5) is 0. The number of hydrogen-bond acceptors (Lipinski definition) is 1.